The van der Waals surface area contributed by atoms with Crippen LogP contribution in [0.3, 0.4) is 0 Å². The van der Waals surface area contributed by atoms with Gasteiger partial charge < -0.3 is 5.73 Å². The Morgan fingerprint density at radius 2 is 1.76 bits per heavy atom. The number of nitrogens with zero attached hydrogens (tertiary/aromatic N) is 1. The monoisotopic (exact) mass is 294 g/mol. The summed E-state index contributed by atoms with van der Waals surface area (Å²) in [4.78, 5) is 4.73. The van der Waals surface area contributed by atoms with Gasteiger partial charge in [0.2, 0.25) is 0 Å². The topological polar surface area (TPSA) is 38.9 Å². The second-order valence-corrected chi connectivity index (χ2v) is 6.33. The Kier molecular flexibility index (Phi) is 3.76. The number of para-hydroxylation sites is 1. The molecule has 0 fully saturated rings. The number of rotatable bonds is 3. The number of aryl methyl sites for hydroxylation is 2. The first-order chi connectivity index (χ1) is 10.1. The molecule has 21 heavy (non-hydrogen) atoms. The van der Waals surface area contributed by atoms with E-state index in [4.69, 9.17) is 10.7 Å². The summed E-state index contributed by atoms with van der Waals surface area (Å²) in [6, 6.07) is 14.5. The van der Waals surface area contributed by atoms with Gasteiger partial charge in [-0.3, -0.25) is 0 Å². The maximum Gasteiger partial charge on any atom is 0.0976 e. The van der Waals surface area contributed by atoms with E-state index in [2.05, 4.69) is 37.4 Å². The van der Waals surface area contributed by atoms with Gasteiger partial charge in [-0.25, -0.2) is 4.98 Å². The Balaban J connectivity index is 1.87. The average molecular weight is 294 g/mol. The van der Waals surface area contributed by atoms with Crippen LogP contribution in [0.15, 0.2) is 47.8 Å². The first kappa shape index (κ1) is 13.8. The summed E-state index contributed by atoms with van der Waals surface area (Å²) >= 11 is 1.69. The van der Waals surface area contributed by atoms with Gasteiger partial charge in [-0.05, 0) is 25.5 Å². The van der Waals surface area contributed by atoms with E-state index >= 15 is 0 Å². The van der Waals surface area contributed by atoms with Gasteiger partial charge in [0.05, 0.1) is 10.7 Å². The van der Waals surface area contributed by atoms with Gasteiger partial charge in [0.25, 0.3) is 0 Å². The highest BCUT2D eigenvalue weighted by Crippen LogP contribution is 2.27. The first-order valence-corrected chi connectivity index (χ1v) is 7.86. The summed E-state index contributed by atoms with van der Waals surface area (Å²) in [5.41, 5.74) is 12.7. The molecular formula is C18H18N2S. The zero-order valence-electron chi connectivity index (χ0n) is 12.3. The number of benzene rings is 2. The van der Waals surface area contributed by atoms with Gasteiger partial charge in [0.1, 0.15) is 0 Å². The van der Waals surface area contributed by atoms with E-state index in [1.54, 1.807) is 11.3 Å². The third kappa shape index (κ3) is 3.14. The van der Waals surface area contributed by atoms with E-state index in [9.17, 15) is 0 Å². The normalized spacial score (nSPS) is 10.8. The molecule has 0 atom stereocenters. The van der Waals surface area contributed by atoms with Gasteiger partial charge in [-0.1, -0.05) is 47.5 Å². The lowest BCUT2D eigenvalue weighted by molar-refractivity contribution is 1.13. The van der Waals surface area contributed by atoms with E-state index in [1.165, 1.54) is 16.7 Å². The van der Waals surface area contributed by atoms with Crippen molar-refractivity contribution >= 4 is 17.0 Å². The van der Waals surface area contributed by atoms with Crippen molar-refractivity contribution < 1.29 is 0 Å². The number of thiazole rings is 1. The Morgan fingerprint density at radius 3 is 2.48 bits per heavy atom. The number of nitrogen functional groups attached to an aromatic ring is 1. The molecule has 2 N–H and O–H groups in total. The van der Waals surface area contributed by atoms with Crippen molar-refractivity contribution in [2.24, 2.45) is 0 Å². The summed E-state index contributed by atoms with van der Waals surface area (Å²) < 4.78 is 0. The van der Waals surface area contributed by atoms with Crippen LogP contribution < -0.4 is 5.73 Å². The fourth-order valence-electron chi connectivity index (χ4n) is 2.59. The molecular weight excluding hydrogens is 276 g/mol. The average Bonchev–Trinajstić information content (AvgIpc) is 2.86. The molecule has 0 amide bonds. The van der Waals surface area contributed by atoms with E-state index in [0.717, 1.165) is 28.4 Å². The van der Waals surface area contributed by atoms with Crippen LogP contribution in [0.4, 0.5) is 5.69 Å². The Morgan fingerprint density at radius 1 is 1.05 bits per heavy atom. The predicted molar refractivity (Wildman–Crippen MR) is 90.7 cm³/mol. The summed E-state index contributed by atoms with van der Waals surface area (Å²) in [5, 5.41) is 3.21. The highest BCUT2D eigenvalue weighted by Gasteiger charge is 2.08. The van der Waals surface area contributed by atoms with Gasteiger partial charge in [-0.2, -0.15) is 0 Å². The van der Waals surface area contributed by atoms with Gasteiger partial charge >= 0.3 is 0 Å². The molecule has 1 aromatic heterocycles. The summed E-state index contributed by atoms with van der Waals surface area (Å²) in [6.45, 7) is 4.27. The molecule has 3 heteroatoms. The Hall–Kier alpha value is -2.13. The van der Waals surface area contributed by atoms with Crippen molar-refractivity contribution in [3.05, 3.63) is 69.5 Å². The molecule has 3 rings (SSSR count). The van der Waals surface area contributed by atoms with Crippen molar-refractivity contribution in [1.29, 1.82) is 0 Å². The van der Waals surface area contributed by atoms with Crippen LogP contribution in [0.25, 0.3) is 11.3 Å². The Bertz CT molecular complexity index is 754. The minimum absolute atomic E-state index is 0.778. The number of hydrogen-bond donors (Lipinski definition) is 1. The number of nitrogens with two attached hydrogens (primary N) is 1. The van der Waals surface area contributed by atoms with Crippen molar-refractivity contribution in [2.75, 3.05) is 5.73 Å². The fourth-order valence-corrected chi connectivity index (χ4v) is 3.42. The number of aromatic nitrogens is 1. The second-order valence-electron chi connectivity index (χ2n) is 5.39. The minimum Gasteiger partial charge on any atom is -0.398 e. The first-order valence-electron chi connectivity index (χ1n) is 6.98. The van der Waals surface area contributed by atoms with Crippen molar-refractivity contribution in [3.63, 3.8) is 0 Å². The lowest BCUT2D eigenvalue weighted by Gasteiger charge is -2.03. The van der Waals surface area contributed by atoms with Gasteiger partial charge in [0.15, 0.2) is 0 Å². The van der Waals surface area contributed by atoms with Crippen LogP contribution in [0.5, 0.6) is 0 Å². The van der Waals surface area contributed by atoms with Crippen molar-refractivity contribution in [2.45, 2.75) is 20.3 Å². The van der Waals surface area contributed by atoms with Crippen LogP contribution in [-0.2, 0) is 6.42 Å². The molecule has 0 aliphatic rings. The van der Waals surface area contributed by atoms with Gasteiger partial charge in [0, 0.05) is 23.1 Å². The van der Waals surface area contributed by atoms with Crippen LogP contribution >= 0.6 is 11.3 Å². The van der Waals surface area contributed by atoms with E-state index in [1.807, 2.05) is 24.3 Å². The van der Waals surface area contributed by atoms with Crippen molar-refractivity contribution in [1.82, 2.24) is 4.98 Å². The van der Waals surface area contributed by atoms with Crippen molar-refractivity contribution in [3.8, 4) is 11.3 Å². The lowest BCUT2D eigenvalue weighted by atomic mass is 10.1. The molecule has 2 aromatic carbocycles. The van der Waals surface area contributed by atoms with E-state index in [-0.39, 0.29) is 0 Å². The highest BCUT2D eigenvalue weighted by molar-refractivity contribution is 7.10. The third-order valence-corrected chi connectivity index (χ3v) is 4.27. The Labute approximate surface area is 129 Å². The van der Waals surface area contributed by atoms with Crippen LogP contribution in [0.2, 0.25) is 0 Å². The molecule has 0 bridgehead atoms. The standard InChI is InChI=1S/C18H18N2S/c1-12-7-13(2)9-14(8-12)10-18-20-17(11-21-18)15-5-3-4-6-16(15)19/h3-9,11H,10,19H2,1-2H3. The summed E-state index contributed by atoms with van der Waals surface area (Å²) in [7, 11) is 0. The third-order valence-electron chi connectivity index (χ3n) is 3.43. The van der Waals surface area contributed by atoms with Crippen LogP contribution in [0, 0.1) is 13.8 Å². The molecule has 0 saturated heterocycles. The molecule has 3 aromatic rings. The van der Waals surface area contributed by atoms with Crippen LogP contribution in [0.1, 0.15) is 21.7 Å². The van der Waals surface area contributed by atoms with E-state index < -0.39 is 0 Å². The fraction of sp³-hybridized carbons (Fsp3) is 0.167. The lowest BCUT2D eigenvalue weighted by Crippen LogP contribution is -1.92. The molecule has 0 aliphatic heterocycles. The van der Waals surface area contributed by atoms with Crippen LogP contribution in [-0.4, -0.2) is 4.98 Å². The summed E-state index contributed by atoms with van der Waals surface area (Å²) in [6.07, 6.45) is 0.875. The quantitative estimate of drug-likeness (QED) is 0.717. The maximum atomic E-state index is 6.02. The molecule has 0 radical (unpaired) electrons. The predicted octanol–water partition coefficient (Wildman–Crippen LogP) is 4.60. The zero-order chi connectivity index (χ0) is 14.8. The highest BCUT2D eigenvalue weighted by atomic mass is 32.1. The largest absolute Gasteiger partial charge is 0.398 e. The van der Waals surface area contributed by atoms with E-state index in [0.29, 0.717) is 0 Å². The maximum absolute atomic E-state index is 6.02. The molecule has 1 heterocycles. The SMILES string of the molecule is Cc1cc(C)cc(Cc2nc(-c3ccccc3N)cs2)c1. The molecule has 0 spiro atoms. The number of hydrogen-bond acceptors (Lipinski definition) is 3. The smallest absolute Gasteiger partial charge is 0.0976 e. The molecule has 0 unspecified atom stereocenters. The van der Waals surface area contributed by atoms with Gasteiger partial charge in [-0.15, -0.1) is 11.3 Å². The summed E-state index contributed by atoms with van der Waals surface area (Å²) in [5.74, 6) is 0. The molecule has 2 nitrogen and oxygen atoms in total. The minimum atomic E-state index is 0.778. The molecule has 0 saturated carbocycles. The zero-order valence-corrected chi connectivity index (χ0v) is 13.1. The molecule has 106 valence electrons. The number of anilines is 1. The molecule has 0 aliphatic carbocycles. The second kappa shape index (κ2) is 5.70.